The third kappa shape index (κ3) is 3.66. The van der Waals surface area contributed by atoms with Gasteiger partial charge in [-0.3, -0.25) is 10.1 Å². The van der Waals surface area contributed by atoms with Crippen LogP contribution in [0.25, 0.3) is 0 Å². The fourth-order valence-electron chi connectivity index (χ4n) is 2.84. The molecule has 2 aliphatic heterocycles. The largest absolute Gasteiger partial charge is 0.446 e. The summed E-state index contributed by atoms with van der Waals surface area (Å²) < 4.78 is 16.9. The fraction of sp³-hybridized carbons (Fsp3) is 0.444. The minimum Gasteiger partial charge on any atom is -0.446 e. The van der Waals surface area contributed by atoms with Crippen LogP contribution in [0.2, 0.25) is 0 Å². The molecule has 1 saturated heterocycles. The van der Waals surface area contributed by atoms with Gasteiger partial charge >= 0.3 is 6.09 Å². The highest BCUT2D eigenvalue weighted by Crippen LogP contribution is 2.38. The van der Waals surface area contributed by atoms with Gasteiger partial charge in [0.25, 0.3) is 0 Å². The highest BCUT2D eigenvalue weighted by Gasteiger charge is 2.51. The number of rotatable bonds is 6. The number of nitrogens with one attached hydrogen (secondary N) is 1. The van der Waals surface area contributed by atoms with Gasteiger partial charge in [-0.1, -0.05) is 31.5 Å². The van der Waals surface area contributed by atoms with Crippen LogP contribution in [0.1, 0.15) is 26.2 Å². The number of anilines is 1. The van der Waals surface area contributed by atoms with Gasteiger partial charge in [-0.2, -0.15) is 0 Å². The van der Waals surface area contributed by atoms with Crippen LogP contribution in [0.15, 0.2) is 42.5 Å². The van der Waals surface area contributed by atoms with Crippen molar-refractivity contribution in [1.82, 2.24) is 0 Å². The number of para-hydroxylation sites is 1. The first kappa shape index (κ1) is 16.7. The minimum atomic E-state index is -0.863. The van der Waals surface area contributed by atoms with E-state index in [4.69, 9.17) is 14.2 Å². The second kappa shape index (κ2) is 7.15. The zero-order valence-corrected chi connectivity index (χ0v) is 13.6. The predicted molar refractivity (Wildman–Crippen MR) is 87.6 cm³/mol. The monoisotopic (exact) mass is 331 g/mol. The highest BCUT2D eigenvalue weighted by molar-refractivity contribution is 5.95. The maximum absolute atomic E-state index is 12.0. The summed E-state index contributed by atoms with van der Waals surface area (Å²) in [7, 11) is 0. The Morgan fingerprint density at radius 2 is 2.08 bits per heavy atom. The molecular formula is C18H21NO5. The minimum absolute atomic E-state index is 0.0371. The third-order valence-corrected chi connectivity index (χ3v) is 4.07. The lowest BCUT2D eigenvalue weighted by atomic mass is 10.0. The number of hydrogen-bond donors (Lipinski definition) is 1. The van der Waals surface area contributed by atoms with Gasteiger partial charge in [-0.05, 0) is 30.7 Å². The molecular weight excluding hydrogens is 310 g/mol. The standard InChI is InChI=1S/C18H21NO5/c1-2-3-10-18-11-9-14(20)16(24-18)15(23-18)12-22-17(21)19-13-7-5-4-6-8-13/h4-9,11,15-16H,2-3,10,12H2,1H3,(H,19,21). The summed E-state index contributed by atoms with van der Waals surface area (Å²) >= 11 is 0. The molecule has 6 heteroatoms. The SMILES string of the molecule is CCCCC12C=CC(=O)C(O1)C(COC(=O)Nc1ccccc1)O2. The molecule has 1 amide bonds. The Morgan fingerprint density at radius 3 is 2.83 bits per heavy atom. The Bertz CT molecular complexity index is 630. The van der Waals surface area contributed by atoms with Crippen molar-refractivity contribution in [3.05, 3.63) is 42.5 Å². The summed E-state index contributed by atoms with van der Waals surface area (Å²) in [5.41, 5.74) is 0.641. The molecule has 2 heterocycles. The number of ether oxygens (including phenoxy) is 3. The molecule has 0 radical (unpaired) electrons. The smallest absolute Gasteiger partial charge is 0.411 e. The molecule has 3 unspecified atom stereocenters. The molecule has 2 aliphatic rings. The van der Waals surface area contributed by atoms with Crippen molar-refractivity contribution in [3.63, 3.8) is 0 Å². The molecule has 1 aromatic rings. The number of unbranched alkanes of at least 4 members (excludes halogenated alkanes) is 1. The van der Waals surface area contributed by atoms with Crippen molar-refractivity contribution in [2.24, 2.45) is 0 Å². The molecule has 6 nitrogen and oxygen atoms in total. The summed E-state index contributed by atoms with van der Waals surface area (Å²) in [6.45, 7) is 2.04. The van der Waals surface area contributed by atoms with Gasteiger partial charge in [-0.15, -0.1) is 0 Å². The van der Waals surface area contributed by atoms with E-state index < -0.39 is 24.1 Å². The van der Waals surface area contributed by atoms with Crippen LogP contribution >= 0.6 is 0 Å². The third-order valence-electron chi connectivity index (χ3n) is 4.07. The topological polar surface area (TPSA) is 73.9 Å². The molecule has 1 N–H and O–H groups in total. The van der Waals surface area contributed by atoms with E-state index in [1.807, 2.05) is 18.2 Å². The van der Waals surface area contributed by atoms with Crippen molar-refractivity contribution in [1.29, 1.82) is 0 Å². The Balaban J connectivity index is 1.56. The Morgan fingerprint density at radius 1 is 1.29 bits per heavy atom. The molecule has 24 heavy (non-hydrogen) atoms. The predicted octanol–water partition coefficient (Wildman–Crippen LogP) is 3.04. The Kier molecular flexibility index (Phi) is 4.97. The van der Waals surface area contributed by atoms with Crippen LogP contribution in [-0.4, -0.2) is 36.5 Å². The van der Waals surface area contributed by atoms with Gasteiger partial charge in [0.2, 0.25) is 0 Å². The summed E-state index contributed by atoms with van der Waals surface area (Å²) in [5, 5.41) is 2.62. The summed E-state index contributed by atoms with van der Waals surface area (Å²) in [6.07, 6.45) is 3.89. The molecule has 128 valence electrons. The van der Waals surface area contributed by atoms with E-state index in [1.165, 1.54) is 6.08 Å². The van der Waals surface area contributed by atoms with E-state index in [0.717, 1.165) is 12.8 Å². The molecule has 0 aromatic heterocycles. The quantitative estimate of drug-likeness (QED) is 0.867. The molecule has 1 fully saturated rings. The van der Waals surface area contributed by atoms with Gasteiger partial charge < -0.3 is 14.2 Å². The van der Waals surface area contributed by atoms with Crippen LogP contribution < -0.4 is 5.32 Å². The van der Waals surface area contributed by atoms with E-state index in [1.54, 1.807) is 18.2 Å². The number of hydrogen-bond acceptors (Lipinski definition) is 5. The van der Waals surface area contributed by atoms with Crippen LogP contribution in [0.3, 0.4) is 0 Å². The number of ketones is 1. The van der Waals surface area contributed by atoms with Gasteiger partial charge in [0.1, 0.15) is 12.7 Å². The first-order valence-electron chi connectivity index (χ1n) is 8.19. The second-order valence-electron chi connectivity index (χ2n) is 5.94. The van der Waals surface area contributed by atoms with E-state index in [2.05, 4.69) is 12.2 Å². The van der Waals surface area contributed by atoms with Crippen molar-refractivity contribution >= 4 is 17.6 Å². The fourth-order valence-corrected chi connectivity index (χ4v) is 2.84. The molecule has 0 spiro atoms. The van der Waals surface area contributed by atoms with Crippen LogP contribution in [0.5, 0.6) is 0 Å². The molecule has 0 aliphatic carbocycles. The lowest BCUT2D eigenvalue weighted by molar-refractivity contribution is -0.156. The zero-order valence-electron chi connectivity index (χ0n) is 13.6. The van der Waals surface area contributed by atoms with Crippen LogP contribution in [0.4, 0.5) is 10.5 Å². The van der Waals surface area contributed by atoms with Crippen molar-refractivity contribution < 1.29 is 23.8 Å². The number of carbonyl (C=O) groups excluding carboxylic acids is 2. The van der Waals surface area contributed by atoms with Gasteiger partial charge in [0, 0.05) is 12.1 Å². The normalized spacial score (nSPS) is 28.0. The van der Waals surface area contributed by atoms with Gasteiger partial charge in [-0.25, -0.2) is 4.79 Å². The maximum Gasteiger partial charge on any atom is 0.411 e. The first-order valence-corrected chi connectivity index (χ1v) is 8.19. The lowest BCUT2D eigenvalue weighted by Gasteiger charge is -2.26. The average molecular weight is 331 g/mol. The van der Waals surface area contributed by atoms with E-state index in [9.17, 15) is 9.59 Å². The molecule has 2 bridgehead atoms. The van der Waals surface area contributed by atoms with E-state index in [-0.39, 0.29) is 12.4 Å². The summed E-state index contributed by atoms with van der Waals surface area (Å²) in [5.74, 6) is -1.02. The Hall–Kier alpha value is -2.18. The van der Waals surface area contributed by atoms with Crippen molar-refractivity contribution in [2.45, 2.75) is 44.2 Å². The van der Waals surface area contributed by atoms with Gasteiger partial charge in [0.05, 0.1) is 0 Å². The summed E-state index contributed by atoms with van der Waals surface area (Å²) in [6, 6.07) is 9.00. The van der Waals surface area contributed by atoms with Crippen molar-refractivity contribution in [3.8, 4) is 0 Å². The van der Waals surface area contributed by atoms with Gasteiger partial charge in [0.15, 0.2) is 17.7 Å². The number of fused-ring (bicyclic) bond motifs is 2. The van der Waals surface area contributed by atoms with Crippen LogP contribution in [-0.2, 0) is 19.0 Å². The second-order valence-corrected chi connectivity index (χ2v) is 5.94. The number of carbonyl (C=O) groups is 2. The van der Waals surface area contributed by atoms with Crippen LogP contribution in [0, 0.1) is 0 Å². The number of benzene rings is 1. The van der Waals surface area contributed by atoms with Crippen molar-refractivity contribution in [2.75, 3.05) is 11.9 Å². The lowest BCUT2D eigenvalue weighted by Crippen LogP contribution is -2.36. The number of amides is 1. The average Bonchev–Trinajstić information content (AvgIpc) is 2.90. The van der Waals surface area contributed by atoms with E-state index >= 15 is 0 Å². The summed E-state index contributed by atoms with van der Waals surface area (Å²) in [4.78, 5) is 23.8. The highest BCUT2D eigenvalue weighted by atomic mass is 16.8. The molecule has 0 saturated carbocycles. The Labute approximate surface area is 140 Å². The molecule has 3 rings (SSSR count). The van der Waals surface area contributed by atoms with E-state index in [0.29, 0.717) is 12.1 Å². The molecule has 3 atom stereocenters. The first-order chi connectivity index (χ1) is 11.6. The maximum atomic E-state index is 12.0. The molecule has 1 aromatic carbocycles. The zero-order chi connectivity index (χ0) is 17.0.